The Morgan fingerprint density at radius 1 is 1.30 bits per heavy atom. The lowest BCUT2D eigenvalue weighted by atomic mass is 10.1. The summed E-state index contributed by atoms with van der Waals surface area (Å²) in [4.78, 5) is 3.96. The van der Waals surface area contributed by atoms with E-state index in [4.69, 9.17) is 5.11 Å². The van der Waals surface area contributed by atoms with Gasteiger partial charge in [0, 0.05) is 35.0 Å². The van der Waals surface area contributed by atoms with Gasteiger partial charge in [-0.25, -0.2) is 0 Å². The smallest absolute Gasteiger partial charge is 0.104 e. The summed E-state index contributed by atoms with van der Waals surface area (Å²) >= 11 is 1.77. The van der Waals surface area contributed by atoms with E-state index < -0.39 is 0 Å². The van der Waals surface area contributed by atoms with E-state index in [-0.39, 0.29) is 6.61 Å². The van der Waals surface area contributed by atoms with Crippen molar-refractivity contribution in [3.05, 3.63) is 21.9 Å². The largest absolute Gasteiger partial charge is 0.384 e. The van der Waals surface area contributed by atoms with Gasteiger partial charge in [0.1, 0.15) is 6.61 Å². The zero-order valence-electron chi connectivity index (χ0n) is 13.1. The van der Waals surface area contributed by atoms with Gasteiger partial charge in [0.25, 0.3) is 0 Å². The molecule has 1 rings (SSSR count). The molecule has 0 unspecified atom stereocenters. The second kappa shape index (κ2) is 9.18. The van der Waals surface area contributed by atoms with Crippen LogP contribution in [0.15, 0.2) is 11.4 Å². The molecular weight excluding hydrogens is 266 g/mol. The lowest BCUT2D eigenvalue weighted by Crippen LogP contribution is -2.36. The number of aliphatic hydroxyl groups excluding tert-OH is 1. The third-order valence-corrected chi connectivity index (χ3v) is 4.30. The van der Waals surface area contributed by atoms with Crippen LogP contribution in [0.5, 0.6) is 0 Å². The Bertz CT molecular complexity index is 437. The number of hydrogen-bond acceptors (Lipinski definition) is 3. The van der Waals surface area contributed by atoms with Crippen molar-refractivity contribution in [3.63, 3.8) is 0 Å². The summed E-state index contributed by atoms with van der Waals surface area (Å²) in [5.74, 6) is 6.37. The van der Waals surface area contributed by atoms with Crippen molar-refractivity contribution in [1.29, 1.82) is 0 Å². The second-order valence-corrected chi connectivity index (χ2v) is 6.55. The van der Waals surface area contributed by atoms with Gasteiger partial charge in [0.15, 0.2) is 0 Å². The number of rotatable bonds is 7. The molecule has 2 nitrogen and oxygen atoms in total. The molecule has 0 aliphatic heterocycles. The summed E-state index contributed by atoms with van der Waals surface area (Å²) in [5.41, 5.74) is 1.02. The molecular formula is C17H27NOS. The summed E-state index contributed by atoms with van der Waals surface area (Å²) in [6.45, 7) is 11.2. The van der Waals surface area contributed by atoms with Crippen LogP contribution < -0.4 is 0 Å². The quantitative estimate of drug-likeness (QED) is 0.774. The first kappa shape index (κ1) is 17.2. The van der Waals surface area contributed by atoms with Crippen molar-refractivity contribution in [2.45, 2.75) is 53.1 Å². The van der Waals surface area contributed by atoms with Crippen LogP contribution in [0.4, 0.5) is 0 Å². The molecule has 1 heterocycles. The fraction of sp³-hybridized carbons (Fsp3) is 0.647. The highest BCUT2D eigenvalue weighted by atomic mass is 32.1. The highest BCUT2D eigenvalue weighted by Crippen LogP contribution is 2.20. The summed E-state index contributed by atoms with van der Waals surface area (Å²) in [6, 6.07) is 2.81. The molecule has 1 aromatic rings. The minimum Gasteiger partial charge on any atom is -0.384 e. The van der Waals surface area contributed by atoms with Gasteiger partial charge in [0.2, 0.25) is 0 Å². The maximum Gasteiger partial charge on any atom is 0.104 e. The number of thiophene rings is 1. The van der Waals surface area contributed by atoms with Gasteiger partial charge in [-0.05, 0) is 24.8 Å². The minimum absolute atomic E-state index is 0.0710. The predicted octanol–water partition coefficient (Wildman–Crippen LogP) is 3.74. The Kier molecular flexibility index (Phi) is 7.91. The SMILES string of the molecule is CCC(CC)N(Cc1cc(C#CCO)cs1)CC(C)C. The van der Waals surface area contributed by atoms with E-state index in [1.165, 1.54) is 17.7 Å². The van der Waals surface area contributed by atoms with Crippen molar-refractivity contribution in [2.75, 3.05) is 13.2 Å². The third-order valence-electron chi connectivity index (χ3n) is 3.38. The average molecular weight is 293 g/mol. The fourth-order valence-electron chi connectivity index (χ4n) is 2.49. The Labute approximate surface area is 127 Å². The van der Waals surface area contributed by atoms with Gasteiger partial charge in [0.05, 0.1) is 0 Å². The van der Waals surface area contributed by atoms with E-state index in [1.54, 1.807) is 11.3 Å². The summed E-state index contributed by atoms with van der Waals surface area (Å²) < 4.78 is 0. The fourth-order valence-corrected chi connectivity index (χ4v) is 3.33. The summed E-state index contributed by atoms with van der Waals surface area (Å²) in [6.07, 6.45) is 2.40. The van der Waals surface area contributed by atoms with Gasteiger partial charge in [-0.3, -0.25) is 4.90 Å². The molecule has 0 amide bonds. The number of nitrogens with zero attached hydrogens (tertiary/aromatic N) is 1. The van der Waals surface area contributed by atoms with Gasteiger partial charge in [-0.1, -0.05) is 39.5 Å². The monoisotopic (exact) mass is 293 g/mol. The van der Waals surface area contributed by atoms with Gasteiger partial charge in [-0.2, -0.15) is 0 Å². The van der Waals surface area contributed by atoms with Crippen LogP contribution in [-0.2, 0) is 6.54 Å². The van der Waals surface area contributed by atoms with Crippen molar-refractivity contribution in [3.8, 4) is 11.8 Å². The Morgan fingerprint density at radius 2 is 2.00 bits per heavy atom. The molecule has 1 aromatic heterocycles. The third kappa shape index (κ3) is 5.66. The molecule has 1 N–H and O–H groups in total. The maximum absolute atomic E-state index is 8.74. The summed E-state index contributed by atoms with van der Waals surface area (Å²) in [5, 5.41) is 10.8. The molecule has 0 saturated carbocycles. The van der Waals surface area contributed by atoms with Gasteiger partial charge in [-0.15, -0.1) is 11.3 Å². The van der Waals surface area contributed by atoms with Crippen molar-refractivity contribution < 1.29 is 5.11 Å². The van der Waals surface area contributed by atoms with Crippen molar-refractivity contribution >= 4 is 11.3 Å². The van der Waals surface area contributed by atoms with Crippen LogP contribution in [0.25, 0.3) is 0 Å². The molecule has 0 aliphatic rings. The van der Waals surface area contributed by atoms with Crippen molar-refractivity contribution in [2.24, 2.45) is 5.92 Å². The Morgan fingerprint density at radius 3 is 2.55 bits per heavy atom. The molecule has 0 atom stereocenters. The molecule has 0 bridgehead atoms. The van der Waals surface area contributed by atoms with E-state index in [2.05, 4.69) is 55.9 Å². The zero-order valence-corrected chi connectivity index (χ0v) is 14.0. The molecule has 0 fully saturated rings. The normalized spacial score (nSPS) is 11.2. The zero-order chi connectivity index (χ0) is 15.0. The molecule has 0 spiro atoms. The molecule has 0 radical (unpaired) electrons. The molecule has 0 aromatic carbocycles. The van der Waals surface area contributed by atoms with E-state index in [0.29, 0.717) is 12.0 Å². The van der Waals surface area contributed by atoms with Gasteiger partial charge >= 0.3 is 0 Å². The maximum atomic E-state index is 8.74. The van der Waals surface area contributed by atoms with Crippen LogP contribution in [0.1, 0.15) is 51.0 Å². The molecule has 20 heavy (non-hydrogen) atoms. The predicted molar refractivity (Wildman–Crippen MR) is 87.9 cm³/mol. The van der Waals surface area contributed by atoms with E-state index in [1.807, 2.05) is 0 Å². The van der Waals surface area contributed by atoms with Crippen LogP contribution in [0.2, 0.25) is 0 Å². The molecule has 3 heteroatoms. The minimum atomic E-state index is -0.0710. The number of aliphatic hydroxyl groups is 1. The van der Waals surface area contributed by atoms with Gasteiger partial charge < -0.3 is 5.11 Å². The molecule has 0 saturated heterocycles. The Hall–Kier alpha value is -0.820. The first-order valence-electron chi connectivity index (χ1n) is 7.51. The van der Waals surface area contributed by atoms with E-state index in [0.717, 1.165) is 18.7 Å². The van der Waals surface area contributed by atoms with Crippen LogP contribution in [-0.4, -0.2) is 29.2 Å². The highest BCUT2D eigenvalue weighted by molar-refractivity contribution is 7.10. The number of hydrogen-bond donors (Lipinski definition) is 1. The summed E-state index contributed by atoms with van der Waals surface area (Å²) in [7, 11) is 0. The Balaban J connectivity index is 2.75. The average Bonchev–Trinajstić information content (AvgIpc) is 2.84. The van der Waals surface area contributed by atoms with E-state index in [9.17, 15) is 0 Å². The second-order valence-electron chi connectivity index (χ2n) is 5.56. The highest BCUT2D eigenvalue weighted by Gasteiger charge is 2.17. The van der Waals surface area contributed by atoms with Crippen LogP contribution in [0.3, 0.4) is 0 Å². The van der Waals surface area contributed by atoms with E-state index >= 15 is 0 Å². The topological polar surface area (TPSA) is 23.5 Å². The first-order chi connectivity index (χ1) is 9.60. The van der Waals surface area contributed by atoms with Crippen molar-refractivity contribution in [1.82, 2.24) is 4.90 Å². The standard InChI is InChI=1S/C17H27NOS/c1-5-16(6-2)18(11-14(3)4)12-17-10-15(13-20-17)8-7-9-19/h10,13-14,16,19H,5-6,9,11-12H2,1-4H3. The lowest BCUT2D eigenvalue weighted by Gasteiger charge is -2.31. The molecule has 0 aliphatic carbocycles. The molecule has 112 valence electrons. The van der Waals surface area contributed by atoms with Crippen LogP contribution in [0, 0.1) is 17.8 Å². The lowest BCUT2D eigenvalue weighted by molar-refractivity contribution is 0.159. The van der Waals surface area contributed by atoms with Crippen LogP contribution >= 0.6 is 11.3 Å². The first-order valence-corrected chi connectivity index (χ1v) is 8.39.